The number of rotatable bonds is 5. The minimum absolute atomic E-state index is 0.334. The second-order valence-electron chi connectivity index (χ2n) is 4.64. The molecule has 114 valence electrons. The van der Waals surface area contributed by atoms with Crippen LogP contribution in [0.25, 0.3) is 0 Å². The Bertz CT molecular complexity index is 714. The zero-order valence-electron chi connectivity index (χ0n) is 11.7. The number of aliphatic hydroxyl groups excluding tert-OH is 1. The molecule has 1 N–H and O–H groups in total. The lowest BCUT2D eigenvalue weighted by Gasteiger charge is -2.23. The van der Waals surface area contributed by atoms with Crippen molar-refractivity contribution in [3.8, 4) is 0 Å². The maximum atomic E-state index is 14.0. The van der Waals surface area contributed by atoms with Crippen LogP contribution in [0.1, 0.15) is 23.4 Å². The van der Waals surface area contributed by atoms with E-state index in [4.69, 9.17) is 5.11 Å². The molecule has 7 heteroatoms. The lowest BCUT2D eigenvalue weighted by molar-refractivity contribution is 0.281. The molecule has 0 saturated heterocycles. The smallest absolute Gasteiger partial charge is 0.246 e. The average Bonchev–Trinajstić information content (AvgIpc) is 2.99. The van der Waals surface area contributed by atoms with Crippen molar-refractivity contribution in [2.75, 3.05) is 7.05 Å². The van der Waals surface area contributed by atoms with Gasteiger partial charge in [0.2, 0.25) is 10.0 Å². The summed E-state index contributed by atoms with van der Waals surface area (Å²) < 4.78 is 40.2. The summed E-state index contributed by atoms with van der Waals surface area (Å²) in [6.07, 6.45) is 0. The summed E-state index contributed by atoms with van der Waals surface area (Å²) in [5.74, 6) is -0.855. The monoisotopic (exact) mass is 329 g/mol. The number of halogens is 1. The molecule has 0 saturated carbocycles. The van der Waals surface area contributed by atoms with E-state index in [0.29, 0.717) is 5.56 Å². The molecule has 0 aliphatic carbocycles. The van der Waals surface area contributed by atoms with Crippen molar-refractivity contribution in [3.05, 3.63) is 52.0 Å². The predicted octanol–water partition coefficient (Wildman–Crippen LogP) is 2.76. The van der Waals surface area contributed by atoms with Crippen molar-refractivity contribution < 1.29 is 17.9 Å². The Labute approximate surface area is 127 Å². The van der Waals surface area contributed by atoms with Crippen LogP contribution in [-0.4, -0.2) is 24.9 Å². The molecule has 0 amide bonds. The molecule has 0 spiro atoms. The molecule has 1 aromatic carbocycles. The van der Waals surface area contributed by atoms with Gasteiger partial charge in [-0.2, -0.15) is 4.31 Å². The normalized spacial score (nSPS) is 13.6. The van der Waals surface area contributed by atoms with Gasteiger partial charge in [-0.05, 0) is 36.1 Å². The average molecular weight is 329 g/mol. The highest BCUT2D eigenvalue weighted by molar-refractivity contribution is 7.89. The van der Waals surface area contributed by atoms with Crippen molar-refractivity contribution in [1.29, 1.82) is 0 Å². The Morgan fingerprint density at radius 2 is 2.10 bits per heavy atom. The maximum absolute atomic E-state index is 14.0. The summed E-state index contributed by atoms with van der Waals surface area (Å²) >= 11 is 1.45. The van der Waals surface area contributed by atoms with Gasteiger partial charge in [0.1, 0.15) is 10.7 Å². The predicted molar refractivity (Wildman–Crippen MR) is 80.0 cm³/mol. The zero-order chi connectivity index (χ0) is 15.6. The van der Waals surface area contributed by atoms with Gasteiger partial charge in [-0.25, -0.2) is 12.8 Å². The highest BCUT2D eigenvalue weighted by atomic mass is 32.2. The summed E-state index contributed by atoms with van der Waals surface area (Å²) in [7, 11) is -2.51. The molecule has 1 unspecified atom stereocenters. The van der Waals surface area contributed by atoms with Gasteiger partial charge in [-0.3, -0.25) is 0 Å². The van der Waals surface area contributed by atoms with Crippen LogP contribution in [-0.2, 0) is 16.6 Å². The first-order chi connectivity index (χ1) is 9.87. The molecule has 1 atom stereocenters. The summed E-state index contributed by atoms with van der Waals surface area (Å²) in [5.41, 5.74) is 0.334. The first kappa shape index (κ1) is 16.1. The third kappa shape index (κ3) is 3.16. The van der Waals surface area contributed by atoms with E-state index < -0.39 is 15.8 Å². The molecule has 21 heavy (non-hydrogen) atoms. The Kier molecular flexibility index (Phi) is 4.77. The van der Waals surface area contributed by atoms with Gasteiger partial charge in [0.05, 0.1) is 12.6 Å². The SMILES string of the molecule is CC(c1cccs1)N(C)S(=O)(=O)c1ccc(CO)cc1F. The third-order valence-electron chi connectivity index (χ3n) is 3.34. The minimum Gasteiger partial charge on any atom is -0.392 e. The maximum Gasteiger partial charge on any atom is 0.246 e. The van der Waals surface area contributed by atoms with Crippen LogP contribution in [0, 0.1) is 5.82 Å². The largest absolute Gasteiger partial charge is 0.392 e. The molecule has 0 aliphatic rings. The van der Waals surface area contributed by atoms with Crippen LogP contribution in [0.3, 0.4) is 0 Å². The number of thiophene rings is 1. The van der Waals surface area contributed by atoms with E-state index in [1.165, 1.54) is 30.5 Å². The molecule has 0 bridgehead atoms. The lowest BCUT2D eigenvalue weighted by Crippen LogP contribution is -2.30. The minimum atomic E-state index is -3.94. The van der Waals surface area contributed by atoms with Crippen LogP contribution in [0.2, 0.25) is 0 Å². The molecule has 4 nitrogen and oxygen atoms in total. The van der Waals surface area contributed by atoms with Crippen molar-refractivity contribution >= 4 is 21.4 Å². The van der Waals surface area contributed by atoms with Crippen molar-refractivity contribution in [3.63, 3.8) is 0 Å². The highest BCUT2D eigenvalue weighted by Gasteiger charge is 2.29. The Morgan fingerprint density at radius 1 is 1.38 bits per heavy atom. The summed E-state index contributed by atoms with van der Waals surface area (Å²) in [5, 5.41) is 10.8. The van der Waals surface area contributed by atoms with Crippen LogP contribution in [0.4, 0.5) is 4.39 Å². The third-order valence-corrected chi connectivity index (χ3v) is 6.34. The van der Waals surface area contributed by atoms with Gasteiger partial charge < -0.3 is 5.11 Å². The lowest BCUT2D eigenvalue weighted by atomic mass is 10.2. The van der Waals surface area contributed by atoms with Gasteiger partial charge in [-0.1, -0.05) is 12.1 Å². The van der Waals surface area contributed by atoms with E-state index in [1.807, 2.05) is 17.5 Å². The molecular formula is C14H16FNO3S2. The topological polar surface area (TPSA) is 57.6 Å². The van der Waals surface area contributed by atoms with Crippen LogP contribution >= 0.6 is 11.3 Å². The molecule has 0 fully saturated rings. The first-order valence-electron chi connectivity index (χ1n) is 6.28. The molecular weight excluding hydrogens is 313 g/mol. The molecule has 1 aromatic heterocycles. The van der Waals surface area contributed by atoms with E-state index in [2.05, 4.69) is 0 Å². The van der Waals surface area contributed by atoms with Gasteiger partial charge in [-0.15, -0.1) is 11.3 Å². The molecule has 1 heterocycles. The van der Waals surface area contributed by atoms with Crippen molar-refractivity contribution in [2.24, 2.45) is 0 Å². The fourth-order valence-electron chi connectivity index (χ4n) is 1.92. The molecule has 2 rings (SSSR count). The number of hydrogen-bond acceptors (Lipinski definition) is 4. The second kappa shape index (κ2) is 6.23. The standard InChI is InChI=1S/C14H16FNO3S2/c1-10(13-4-3-7-20-13)16(2)21(18,19)14-6-5-11(9-17)8-12(14)15/h3-8,10,17H,9H2,1-2H3. The highest BCUT2D eigenvalue weighted by Crippen LogP contribution is 2.29. The van der Waals surface area contributed by atoms with Gasteiger partial charge in [0.15, 0.2) is 0 Å². The first-order valence-corrected chi connectivity index (χ1v) is 8.60. The van der Waals surface area contributed by atoms with E-state index in [1.54, 1.807) is 6.92 Å². The van der Waals surface area contributed by atoms with E-state index in [9.17, 15) is 12.8 Å². The molecule has 2 aromatic rings. The number of benzene rings is 1. The quantitative estimate of drug-likeness (QED) is 0.918. The summed E-state index contributed by atoms with van der Waals surface area (Å²) in [6, 6.07) is 6.93. The summed E-state index contributed by atoms with van der Waals surface area (Å²) in [4.78, 5) is 0.499. The fraction of sp³-hybridized carbons (Fsp3) is 0.286. The molecule has 0 aliphatic heterocycles. The van der Waals surface area contributed by atoms with Crippen LogP contribution in [0.5, 0.6) is 0 Å². The van der Waals surface area contributed by atoms with Gasteiger partial charge in [0.25, 0.3) is 0 Å². The van der Waals surface area contributed by atoms with E-state index in [-0.39, 0.29) is 17.5 Å². The fourth-order valence-corrected chi connectivity index (χ4v) is 4.20. The number of hydrogen-bond donors (Lipinski definition) is 1. The zero-order valence-corrected chi connectivity index (χ0v) is 13.3. The second-order valence-corrected chi connectivity index (χ2v) is 7.58. The van der Waals surface area contributed by atoms with Crippen molar-refractivity contribution in [2.45, 2.75) is 24.5 Å². The number of aliphatic hydroxyl groups is 1. The van der Waals surface area contributed by atoms with E-state index >= 15 is 0 Å². The number of nitrogens with zero attached hydrogens (tertiary/aromatic N) is 1. The van der Waals surface area contributed by atoms with Crippen LogP contribution < -0.4 is 0 Å². The Balaban J connectivity index is 2.37. The van der Waals surface area contributed by atoms with E-state index in [0.717, 1.165) is 15.2 Å². The Hall–Kier alpha value is -1.28. The van der Waals surface area contributed by atoms with Gasteiger partial charge in [0, 0.05) is 11.9 Å². The summed E-state index contributed by atoms with van der Waals surface area (Å²) in [6.45, 7) is 1.42. The van der Waals surface area contributed by atoms with Gasteiger partial charge >= 0.3 is 0 Å². The number of sulfonamides is 1. The van der Waals surface area contributed by atoms with Crippen molar-refractivity contribution in [1.82, 2.24) is 4.31 Å². The Morgan fingerprint density at radius 3 is 2.62 bits per heavy atom. The van der Waals surface area contributed by atoms with Crippen LogP contribution in [0.15, 0.2) is 40.6 Å². The molecule has 0 radical (unpaired) electrons.